The van der Waals surface area contributed by atoms with E-state index in [1.807, 2.05) is 0 Å². The van der Waals surface area contributed by atoms with Gasteiger partial charge in [-0.05, 0) is 12.8 Å². The van der Waals surface area contributed by atoms with Crippen LogP contribution in [0.2, 0.25) is 0 Å². The topological polar surface area (TPSA) is 71.2 Å². The molecule has 0 saturated heterocycles. The molecule has 1 heterocycles. The fraction of sp³-hybridized carbons (Fsp3) is 0.667. The highest BCUT2D eigenvalue weighted by atomic mass is 16.3. The van der Waals surface area contributed by atoms with Crippen LogP contribution >= 0.6 is 0 Å². The van der Waals surface area contributed by atoms with Crippen LogP contribution in [0.3, 0.4) is 0 Å². The first-order valence-corrected chi connectivity index (χ1v) is 3.47. The summed E-state index contributed by atoms with van der Waals surface area (Å²) in [5, 5.41) is 24.5. The molecule has 0 saturated carbocycles. The summed E-state index contributed by atoms with van der Waals surface area (Å²) in [5.41, 5.74) is 0.799. The minimum atomic E-state index is -0.147. The van der Waals surface area contributed by atoms with Crippen LogP contribution in [0.1, 0.15) is 12.1 Å². The van der Waals surface area contributed by atoms with E-state index in [1.54, 1.807) is 6.20 Å². The maximum atomic E-state index is 8.59. The summed E-state index contributed by atoms with van der Waals surface area (Å²) < 4.78 is 1.34. The Morgan fingerprint density at radius 1 is 1.45 bits per heavy atom. The van der Waals surface area contributed by atoms with E-state index in [2.05, 4.69) is 10.3 Å². The Morgan fingerprint density at radius 3 is 2.82 bits per heavy atom. The van der Waals surface area contributed by atoms with E-state index in [0.717, 1.165) is 5.69 Å². The van der Waals surface area contributed by atoms with Crippen molar-refractivity contribution >= 4 is 0 Å². The van der Waals surface area contributed by atoms with E-state index < -0.39 is 0 Å². The van der Waals surface area contributed by atoms with Crippen LogP contribution in [-0.4, -0.2) is 31.8 Å². The van der Waals surface area contributed by atoms with Gasteiger partial charge in [-0.3, -0.25) is 0 Å². The van der Waals surface area contributed by atoms with E-state index in [1.165, 1.54) is 4.68 Å². The summed E-state index contributed by atoms with van der Waals surface area (Å²) in [6.07, 6.45) is 3.05. The highest BCUT2D eigenvalue weighted by molar-refractivity contribution is 4.91. The van der Waals surface area contributed by atoms with Gasteiger partial charge in [0, 0.05) is 6.61 Å². The first-order valence-electron chi connectivity index (χ1n) is 3.47. The number of rotatable bonds is 4. The summed E-state index contributed by atoms with van der Waals surface area (Å²) in [5.74, 6) is 0. The lowest BCUT2D eigenvalue weighted by atomic mass is 10.3. The Morgan fingerprint density at radius 2 is 2.27 bits per heavy atom. The molecule has 1 aromatic rings. The zero-order valence-corrected chi connectivity index (χ0v) is 6.14. The third-order valence-electron chi connectivity index (χ3n) is 1.32. The van der Waals surface area contributed by atoms with Crippen molar-refractivity contribution in [3.8, 4) is 0 Å². The molecule has 0 radical (unpaired) electrons. The lowest BCUT2D eigenvalue weighted by molar-refractivity contribution is 0.192. The molecule has 1 rings (SSSR count). The van der Waals surface area contributed by atoms with Crippen molar-refractivity contribution in [1.82, 2.24) is 15.0 Å². The smallest absolute Gasteiger partial charge is 0.137 e. The van der Waals surface area contributed by atoms with E-state index >= 15 is 0 Å². The summed E-state index contributed by atoms with van der Waals surface area (Å²) >= 11 is 0. The number of hydrogen-bond donors (Lipinski definition) is 2. The van der Waals surface area contributed by atoms with Crippen molar-refractivity contribution in [3.63, 3.8) is 0 Å². The molecular weight excluding hydrogens is 146 g/mol. The van der Waals surface area contributed by atoms with Crippen molar-refractivity contribution in [2.75, 3.05) is 6.61 Å². The minimum Gasteiger partial charge on any atom is -0.396 e. The second kappa shape index (κ2) is 4.05. The third kappa shape index (κ3) is 2.28. The Hall–Kier alpha value is -0.940. The average molecular weight is 157 g/mol. The Bertz CT molecular complexity index is 211. The van der Waals surface area contributed by atoms with Crippen LogP contribution in [0.25, 0.3) is 0 Å². The maximum Gasteiger partial charge on any atom is 0.137 e. The van der Waals surface area contributed by atoms with Crippen LogP contribution in [0.5, 0.6) is 0 Å². The van der Waals surface area contributed by atoms with Crippen LogP contribution < -0.4 is 0 Å². The predicted octanol–water partition coefficient (Wildman–Crippen LogP) is -0.847. The lowest BCUT2D eigenvalue weighted by Gasteiger charge is -1.89. The average Bonchev–Trinajstić information content (AvgIpc) is 2.48. The number of nitrogens with zero attached hydrogens (tertiary/aromatic N) is 3. The summed E-state index contributed by atoms with van der Waals surface area (Å²) in [7, 11) is 0. The third-order valence-corrected chi connectivity index (χ3v) is 1.32. The zero-order chi connectivity index (χ0) is 8.10. The number of aromatic nitrogens is 3. The van der Waals surface area contributed by atoms with Crippen LogP contribution in [0, 0.1) is 0 Å². The molecule has 0 spiro atoms. The number of aliphatic hydroxyl groups excluding tert-OH is 2. The van der Waals surface area contributed by atoms with Crippen molar-refractivity contribution in [1.29, 1.82) is 0 Å². The van der Waals surface area contributed by atoms with Gasteiger partial charge in [-0.25, -0.2) is 4.68 Å². The largest absolute Gasteiger partial charge is 0.396 e. The molecule has 0 fully saturated rings. The number of aliphatic hydroxyl groups is 2. The SMILES string of the molecule is OCCCc1cn(CO)nn1. The monoisotopic (exact) mass is 157 g/mol. The molecule has 5 nitrogen and oxygen atoms in total. The molecule has 0 aliphatic heterocycles. The van der Waals surface area contributed by atoms with Gasteiger partial charge in [0.15, 0.2) is 0 Å². The molecule has 0 aromatic carbocycles. The second-order valence-electron chi connectivity index (χ2n) is 2.22. The maximum absolute atomic E-state index is 8.59. The normalized spacial score (nSPS) is 10.4. The first kappa shape index (κ1) is 8.16. The quantitative estimate of drug-likeness (QED) is 0.597. The molecule has 62 valence electrons. The van der Waals surface area contributed by atoms with E-state index in [4.69, 9.17) is 10.2 Å². The molecule has 5 heteroatoms. The molecule has 1 aromatic heterocycles. The fourth-order valence-electron chi connectivity index (χ4n) is 0.782. The minimum absolute atomic E-state index is 0.147. The standard InChI is InChI=1S/C6H11N3O2/c10-3-1-2-6-4-9(5-11)8-7-6/h4,10-11H,1-3,5H2. The van der Waals surface area contributed by atoms with Gasteiger partial charge in [0.05, 0.1) is 11.9 Å². The summed E-state index contributed by atoms with van der Waals surface area (Å²) in [6.45, 7) is 0.0120. The predicted molar refractivity (Wildman–Crippen MR) is 37.6 cm³/mol. The van der Waals surface area contributed by atoms with Crippen molar-refractivity contribution in [2.24, 2.45) is 0 Å². The molecule has 0 unspecified atom stereocenters. The highest BCUT2D eigenvalue weighted by Crippen LogP contribution is 1.96. The van der Waals surface area contributed by atoms with E-state index in [9.17, 15) is 0 Å². The molecule has 0 amide bonds. The van der Waals surface area contributed by atoms with E-state index in [-0.39, 0.29) is 13.3 Å². The van der Waals surface area contributed by atoms with Crippen molar-refractivity contribution in [2.45, 2.75) is 19.6 Å². The fourth-order valence-corrected chi connectivity index (χ4v) is 0.782. The molecular formula is C6H11N3O2. The molecule has 0 bridgehead atoms. The van der Waals surface area contributed by atoms with Crippen molar-refractivity contribution < 1.29 is 10.2 Å². The van der Waals surface area contributed by atoms with Gasteiger partial charge < -0.3 is 10.2 Å². The van der Waals surface area contributed by atoms with Gasteiger partial charge in [0.2, 0.25) is 0 Å². The highest BCUT2D eigenvalue weighted by Gasteiger charge is 1.97. The Kier molecular flexibility index (Phi) is 3.00. The van der Waals surface area contributed by atoms with Gasteiger partial charge in [-0.1, -0.05) is 5.21 Å². The molecule has 11 heavy (non-hydrogen) atoms. The lowest BCUT2D eigenvalue weighted by Crippen LogP contribution is -1.96. The summed E-state index contributed by atoms with van der Waals surface area (Å²) in [6, 6.07) is 0. The number of aryl methyl sites for hydroxylation is 1. The molecule has 0 atom stereocenters. The Balaban J connectivity index is 2.44. The van der Waals surface area contributed by atoms with Crippen molar-refractivity contribution in [3.05, 3.63) is 11.9 Å². The first-order chi connectivity index (χ1) is 5.36. The molecule has 0 aliphatic rings. The summed E-state index contributed by atoms with van der Waals surface area (Å²) in [4.78, 5) is 0. The van der Waals surface area contributed by atoms with Gasteiger partial charge in [0.1, 0.15) is 6.73 Å². The van der Waals surface area contributed by atoms with E-state index in [0.29, 0.717) is 12.8 Å². The van der Waals surface area contributed by atoms with Gasteiger partial charge in [-0.15, -0.1) is 5.10 Å². The molecule has 0 aliphatic carbocycles. The Labute approximate surface area is 64.3 Å². The van der Waals surface area contributed by atoms with Crippen LogP contribution in [0.4, 0.5) is 0 Å². The van der Waals surface area contributed by atoms with Gasteiger partial charge in [0.25, 0.3) is 0 Å². The molecule has 2 N–H and O–H groups in total. The van der Waals surface area contributed by atoms with Gasteiger partial charge >= 0.3 is 0 Å². The van der Waals surface area contributed by atoms with Gasteiger partial charge in [-0.2, -0.15) is 0 Å². The van der Waals surface area contributed by atoms with Crippen LogP contribution in [0.15, 0.2) is 6.20 Å². The van der Waals surface area contributed by atoms with Crippen LogP contribution in [-0.2, 0) is 13.2 Å². The number of hydrogen-bond acceptors (Lipinski definition) is 4. The second-order valence-corrected chi connectivity index (χ2v) is 2.22. The zero-order valence-electron chi connectivity index (χ0n) is 6.14.